The van der Waals surface area contributed by atoms with E-state index in [1.807, 2.05) is 11.0 Å². The number of H-pyrrole nitrogens is 1. The first-order valence-corrected chi connectivity index (χ1v) is 11.9. The molecule has 168 valence electrons. The van der Waals surface area contributed by atoms with Crippen LogP contribution in [0.1, 0.15) is 51.5 Å². The van der Waals surface area contributed by atoms with E-state index in [0.29, 0.717) is 32.2 Å². The molecule has 2 aliphatic heterocycles. The van der Waals surface area contributed by atoms with Crippen LogP contribution in [-0.2, 0) is 11.3 Å². The first-order chi connectivity index (χ1) is 15.6. The number of carbonyl (C=O) groups excluding carboxylic acids is 1. The fourth-order valence-electron chi connectivity index (χ4n) is 5.55. The highest BCUT2D eigenvalue weighted by Gasteiger charge is 2.28. The Hall–Kier alpha value is -2.63. The third-order valence-electron chi connectivity index (χ3n) is 7.25. The molecule has 32 heavy (non-hydrogen) atoms. The molecule has 5 heteroatoms. The number of aryl methyl sites for hydroxylation is 2. The molecule has 2 aromatic carbocycles. The van der Waals surface area contributed by atoms with E-state index in [1.54, 1.807) is 5.56 Å². The summed E-state index contributed by atoms with van der Waals surface area (Å²) in [5, 5.41) is 1.17. The predicted molar refractivity (Wildman–Crippen MR) is 128 cm³/mol. The maximum absolute atomic E-state index is 13.4. The van der Waals surface area contributed by atoms with E-state index in [9.17, 15) is 4.79 Å². The average molecular weight is 432 g/mol. The molecule has 0 unspecified atom stereocenters. The van der Waals surface area contributed by atoms with Crippen molar-refractivity contribution in [3.63, 3.8) is 0 Å². The fourth-order valence-corrected chi connectivity index (χ4v) is 5.55. The van der Waals surface area contributed by atoms with Crippen molar-refractivity contribution in [3.8, 4) is 0 Å². The van der Waals surface area contributed by atoms with Gasteiger partial charge in [-0.05, 0) is 68.5 Å². The van der Waals surface area contributed by atoms with Crippen LogP contribution in [0.25, 0.3) is 10.9 Å². The summed E-state index contributed by atoms with van der Waals surface area (Å²) in [6.45, 7) is 9.97. The predicted octanol–water partition coefficient (Wildman–Crippen LogP) is 4.64. The number of nitrogens with zero attached hydrogens (tertiary/aromatic N) is 2. The molecule has 0 bridgehead atoms. The Labute approximate surface area is 190 Å². The number of likely N-dealkylation sites (tertiary alicyclic amines) is 1. The van der Waals surface area contributed by atoms with Crippen LogP contribution < -0.4 is 0 Å². The molecule has 3 aromatic rings. The lowest BCUT2D eigenvalue weighted by molar-refractivity contribution is 0.0298. The van der Waals surface area contributed by atoms with E-state index in [0.717, 1.165) is 36.4 Å². The minimum absolute atomic E-state index is 0.102. The molecular formula is C27H33N3O2. The number of ether oxygens (including phenoxy) is 1. The number of nitrogens with one attached hydrogen (secondary N) is 1. The summed E-state index contributed by atoms with van der Waals surface area (Å²) in [6, 6.07) is 14.9. The van der Waals surface area contributed by atoms with E-state index in [-0.39, 0.29) is 5.91 Å². The largest absolute Gasteiger partial charge is 0.378 e. The van der Waals surface area contributed by atoms with Gasteiger partial charge in [0.05, 0.1) is 13.2 Å². The number of hydrogen-bond donors (Lipinski definition) is 1. The van der Waals surface area contributed by atoms with Gasteiger partial charge in [-0.15, -0.1) is 0 Å². The van der Waals surface area contributed by atoms with Crippen molar-refractivity contribution >= 4 is 16.8 Å². The van der Waals surface area contributed by atoms with Gasteiger partial charge in [-0.25, -0.2) is 0 Å². The highest BCUT2D eigenvalue weighted by Crippen LogP contribution is 2.34. The SMILES string of the molecule is Cc1cccc(C)c1C1CCN(Cc2c(C(=O)N3CCOCC3)[nH]c3ccccc23)CC1. The number of rotatable bonds is 4. The molecule has 0 spiro atoms. The lowest BCUT2D eigenvalue weighted by Crippen LogP contribution is -2.41. The molecule has 0 radical (unpaired) electrons. The summed E-state index contributed by atoms with van der Waals surface area (Å²) in [6.07, 6.45) is 2.33. The van der Waals surface area contributed by atoms with Crippen LogP contribution in [-0.4, -0.2) is 60.1 Å². The normalized spacial score (nSPS) is 18.4. The van der Waals surface area contributed by atoms with Crippen molar-refractivity contribution in [2.75, 3.05) is 39.4 Å². The Bertz CT molecular complexity index is 1090. The zero-order valence-corrected chi connectivity index (χ0v) is 19.2. The van der Waals surface area contributed by atoms with E-state index in [2.05, 4.69) is 60.1 Å². The van der Waals surface area contributed by atoms with E-state index >= 15 is 0 Å². The smallest absolute Gasteiger partial charge is 0.270 e. The van der Waals surface area contributed by atoms with E-state index in [4.69, 9.17) is 4.74 Å². The van der Waals surface area contributed by atoms with Gasteiger partial charge < -0.3 is 14.6 Å². The molecule has 0 atom stereocenters. The minimum Gasteiger partial charge on any atom is -0.378 e. The number of aromatic nitrogens is 1. The number of hydrogen-bond acceptors (Lipinski definition) is 3. The minimum atomic E-state index is 0.102. The zero-order valence-electron chi connectivity index (χ0n) is 19.2. The van der Waals surface area contributed by atoms with Crippen molar-refractivity contribution in [1.82, 2.24) is 14.8 Å². The number of morpholine rings is 1. The number of benzene rings is 2. The zero-order chi connectivity index (χ0) is 22.1. The first-order valence-electron chi connectivity index (χ1n) is 11.9. The number of fused-ring (bicyclic) bond motifs is 1. The second kappa shape index (κ2) is 9.08. The Morgan fingerprint density at radius 1 is 0.969 bits per heavy atom. The van der Waals surface area contributed by atoms with Crippen LogP contribution in [0.4, 0.5) is 0 Å². The van der Waals surface area contributed by atoms with Gasteiger partial charge in [0.1, 0.15) is 5.69 Å². The number of aromatic amines is 1. The second-order valence-electron chi connectivity index (χ2n) is 9.28. The van der Waals surface area contributed by atoms with Gasteiger partial charge in [-0.2, -0.15) is 0 Å². The summed E-state index contributed by atoms with van der Waals surface area (Å²) >= 11 is 0. The quantitative estimate of drug-likeness (QED) is 0.655. The highest BCUT2D eigenvalue weighted by molar-refractivity contribution is 6.01. The lowest BCUT2D eigenvalue weighted by Gasteiger charge is -2.34. The van der Waals surface area contributed by atoms with E-state index in [1.165, 1.54) is 29.4 Å². The molecule has 5 nitrogen and oxygen atoms in total. The Balaban J connectivity index is 1.36. The lowest BCUT2D eigenvalue weighted by atomic mass is 9.84. The van der Waals surface area contributed by atoms with Crippen molar-refractivity contribution in [2.24, 2.45) is 0 Å². The van der Waals surface area contributed by atoms with Gasteiger partial charge in [-0.3, -0.25) is 9.69 Å². The topological polar surface area (TPSA) is 48.6 Å². The molecule has 3 heterocycles. The molecule has 0 aliphatic carbocycles. The van der Waals surface area contributed by atoms with Gasteiger partial charge in [-0.1, -0.05) is 36.4 Å². The van der Waals surface area contributed by atoms with Gasteiger partial charge in [0.15, 0.2) is 0 Å². The molecular weight excluding hydrogens is 398 g/mol. The number of piperidine rings is 1. The highest BCUT2D eigenvalue weighted by atomic mass is 16.5. The second-order valence-corrected chi connectivity index (χ2v) is 9.28. The van der Waals surface area contributed by atoms with Gasteiger partial charge in [0.2, 0.25) is 0 Å². The number of amides is 1. The van der Waals surface area contributed by atoms with Crippen LogP contribution in [0.2, 0.25) is 0 Å². The van der Waals surface area contributed by atoms with E-state index < -0.39 is 0 Å². The summed E-state index contributed by atoms with van der Waals surface area (Å²) in [7, 11) is 0. The van der Waals surface area contributed by atoms with Crippen LogP contribution >= 0.6 is 0 Å². The summed E-state index contributed by atoms with van der Waals surface area (Å²) in [5.74, 6) is 0.731. The third kappa shape index (κ3) is 4.07. The van der Waals surface area contributed by atoms with Crippen LogP contribution in [0.3, 0.4) is 0 Å². The van der Waals surface area contributed by atoms with Crippen molar-refractivity contribution < 1.29 is 9.53 Å². The third-order valence-corrected chi connectivity index (χ3v) is 7.25. The maximum atomic E-state index is 13.4. The molecule has 5 rings (SSSR count). The molecule has 1 N–H and O–H groups in total. The molecule has 1 aromatic heterocycles. The van der Waals surface area contributed by atoms with Gasteiger partial charge in [0, 0.05) is 36.1 Å². The first kappa shape index (κ1) is 21.2. The molecule has 2 fully saturated rings. The van der Waals surface area contributed by atoms with Gasteiger partial charge in [0.25, 0.3) is 5.91 Å². The van der Waals surface area contributed by atoms with Crippen molar-refractivity contribution in [3.05, 3.63) is 70.4 Å². The van der Waals surface area contributed by atoms with Gasteiger partial charge >= 0.3 is 0 Å². The number of para-hydroxylation sites is 1. The summed E-state index contributed by atoms with van der Waals surface area (Å²) < 4.78 is 5.45. The maximum Gasteiger partial charge on any atom is 0.270 e. The van der Waals surface area contributed by atoms with Crippen molar-refractivity contribution in [2.45, 2.75) is 39.2 Å². The summed E-state index contributed by atoms with van der Waals surface area (Å²) in [4.78, 5) is 21.3. The molecule has 2 saturated heterocycles. The Morgan fingerprint density at radius 2 is 1.66 bits per heavy atom. The van der Waals surface area contributed by atoms with Crippen LogP contribution in [0, 0.1) is 13.8 Å². The number of carbonyl (C=O) groups is 1. The monoisotopic (exact) mass is 431 g/mol. The van der Waals surface area contributed by atoms with Crippen LogP contribution in [0.15, 0.2) is 42.5 Å². The van der Waals surface area contributed by atoms with Crippen molar-refractivity contribution in [1.29, 1.82) is 0 Å². The molecule has 1 amide bonds. The van der Waals surface area contributed by atoms with Crippen LogP contribution in [0.5, 0.6) is 0 Å². The standard InChI is InChI=1S/C27H33N3O2/c1-19-6-5-7-20(2)25(19)21-10-12-29(13-11-21)18-23-22-8-3-4-9-24(22)28-26(23)27(31)30-14-16-32-17-15-30/h3-9,21,28H,10-18H2,1-2H3. The Morgan fingerprint density at radius 3 is 2.38 bits per heavy atom. The summed E-state index contributed by atoms with van der Waals surface area (Å²) in [5.41, 5.74) is 7.32. The Kier molecular flexibility index (Phi) is 6.03. The average Bonchev–Trinajstić information content (AvgIpc) is 3.18. The molecule has 2 aliphatic rings. The molecule has 0 saturated carbocycles. The fraction of sp³-hybridized carbons (Fsp3) is 0.444.